The Morgan fingerprint density at radius 3 is 2.94 bits per heavy atom. The van der Waals surface area contributed by atoms with Crippen LogP contribution in [0.2, 0.25) is 0 Å². The average Bonchev–Trinajstić information content (AvgIpc) is 3.00. The number of carbonyl (C=O) groups is 1. The van der Waals surface area contributed by atoms with Gasteiger partial charge in [0.05, 0.1) is 6.04 Å². The third-order valence-corrected chi connectivity index (χ3v) is 3.22. The zero-order valence-corrected chi connectivity index (χ0v) is 11.1. The van der Waals surface area contributed by atoms with Crippen LogP contribution in [0.15, 0.2) is 4.52 Å². The molecule has 0 aromatic carbocycles. The predicted molar refractivity (Wildman–Crippen MR) is 66.1 cm³/mol. The Bertz CT molecular complexity index is 410. The summed E-state index contributed by atoms with van der Waals surface area (Å²) in [4.78, 5) is 18.1. The van der Waals surface area contributed by atoms with Crippen LogP contribution >= 0.6 is 0 Å². The SMILES string of the molecule is CCN(C(=O)c1noc(C2CCCN2)n1)C(C)C. The van der Waals surface area contributed by atoms with Crippen molar-refractivity contribution in [2.24, 2.45) is 0 Å². The second-order valence-electron chi connectivity index (χ2n) is 4.79. The Morgan fingerprint density at radius 2 is 2.39 bits per heavy atom. The van der Waals surface area contributed by atoms with E-state index in [1.807, 2.05) is 20.8 Å². The molecule has 0 aliphatic carbocycles. The highest BCUT2D eigenvalue weighted by Gasteiger charge is 2.26. The molecule has 1 saturated heterocycles. The summed E-state index contributed by atoms with van der Waals surface area (Å²) in [7, 11) is 0. The Balaban J connectivity index is 2.11. The van der Waals surface area contributed by atoms with E-state index in [2.05, 4.69) is 15.5 Å². The van der Waals surface area contributed by atoms with Crippen LogP contribution in [0, 0.1) is 0 Å². The molecule has 1 aliphatic heterocycles. The molecule has 1 atom stereocenters. The van der Waals surface area contributed by atoms with E-state index < -0.39 is 0 Å². The summed E-state index contributed by atoms with van der Waals surface area (Å²) < 4.78 is 5.17. The smallest absolute Gasteiger partial charge is 0.295 e. The van der Waals surface area contributed by atoms with Gasteiger partial charge in [-0.2, -0.15) is 4.98 Å². The van der Waals surface area contributed by atoms with E-state index in [0.29, 0.717) is 12.4 Å². The van der Waals surface area contributed by atoms with Gasteiger partial charge < -0.3 is 14.7 Å². The Hall–Kier alpha value is -1.43. The second-order valence-corrected chi connectivity index (χ2v) is 4.79. The summed E-state index contributed by atoms with van der Waals surface area (Å²) in [5, 5.41) is 7.06. The van der Waals surface area contributed by atoms with Gasteiger partial charge in [0.2, 0.25) is 5.89 Å². The van der Waals surface area contributed by atoms with Crippen molar-refractivity contribution in [3.63, 3.8) is 0 Å². The van der Waals surface area contributed by atoms with Gasteiger partial charge in [0, 0.05) is 12.6 Å². The summed E-state index contributed by atoms with van der Waals surface area (Å²) in [6.07, 6.45) is 2.08. The number of amides is 1. The Morgan fingerprint density at radius 1 is 1.61 bits per heavy atom. The van der Waals surface area contributed by atoms with Gasteiger partial charge in [-0.15, -0.1) is 0 Å². The van der Waals surface area contributed by atoms with Crippen LogP contribution in [0.1, 0.15) is 56.2 Å². The van der Waals surface area contributed by atoms with E-state index in [1.54, 1.807) is 4.90 Å². The number of aromatic nitrogens is 2. The minimum absolute atomic E-state index is 0.105. The van der Waals surface area contributed by atoms with Gasteiger partial charge in [0.15, 0.2) is 0 Å². The fraction of sp³-hybridized carbons (Fsp3) is 0.750. The van der Waals surface area contributed by atoms with E-state index >= 15 is 0 Å². The molecule has 1 fully saturated rings. The molecule has 1 N–H and O–H groups in total. The van der Waals surface area contributed by atoms with Gasteiger partial charge in [0.25, 0.3) is 11.7 Å². The quantitative estimate of drug-likeness (QED) is 0.876. The number of nitrogens with zero attached hydrogens (tertiary/aromatic N) is 3. The molecule has 0 saturated carbocycles. The van der Waals surface area contributed by atoms with Gasteiger partial charge >= 0.3 is 0 Å². The molecule has 6 nitrogen and oxygen atoms in total. The first-order chi connectivity index (χ1) is 8.63. The van der Waals surface area contributed by atoms with Gasteiger partial charge in [-0.05, 0) is 40.2 Å². The van der Waals surface area contributed by atoms with Crippen molar-refractivity contribution < 1.29 is 9.32 Å². The molecule has 1 aromatic heterocycles. The van der Waals surface area contributed by atoms with Crippen LogP contribution in [0.3, 0.4) is 0 Å². The average molecular weight is 252 g/mol. The zero-order chi connectivity index (χ0) is 13.1. The van der Waals surface area contributed by atoms with Crippen molar-refractivity contribution in [1.29, 1.82) is 0 Å². The van der Waals surface area contributed by atoms with Crippen LogP contribution in [0.4, 0.5) is 0 Å². The fourth-order valence-corrected chi connectivity index (χ4v) is 2.23. The molecule has 1 amide bonds. The lowest BCUT2D eigenvalue weighted by molar-refractivity contribution is 0.0701. The molecule has 1 unspecified atom stereocenters. The van der Waals surface area contributed by atoms with Crippen LogP contribution < -0.4 is 5.32 Å². The molecule has 1 aliphatic rings. The maximum absolute atomic E-state index is 12.2. The highest BCUT2D eigenvalue weighted by molar-refractivity contribution is 5.90. The molecular weight excluding hydrogens is 232 g/mol. The van der Waals surface area contributed by atoms with Gasteiger partial charge in [-0.25, -0.2) is 0 Å². The van der Waals surface area contributed by atoms with E-state index in [1.165, 1.54) is 0 Å². The molecule has 2 rings (SSSR count). The standard InChI is InChI=1S/C12H20N4O2/c1-4-16(8(2)3)12(17)10-14-11(18-15-10)9-6-5-7-13-9/h8-9,13H,4-7H2,1-3H3. The number of carbonyl (C=O) groups excluding carboxylic acids is 1. The van der Waals surface area contributed by atoms with E-state index in [9.17, 15) is 4.79 Å². The molecule has 2 heterocycles. The van der Waals surface area contributed by atoms with E-state index in [0.717, 1.165) is 19.4 Å². The molecular formula is C12H20N4O2. The maximum atomic E-state index is 12.2. The first-order valence-electron chi connectivity index (χ1n) is 6.51. The third kappa shape index (κ3) is 2.53. The highest BCUT2D eigenvalue weighted by Crippen LogP contribution is 2.21. The van der Waals surface area contributed by atoms with Crippen molar-refractivity contribution in [1.82, 2.24) is 20.4 Å². The Kier molecular flexibility index (Phi) is 3.96. The zero-order valence-electron chi connectivity index (χ0n) is 11.1. The van der Waals surface area contributed by atoms with Crippen LogP contribution in [0.5, 0.6) is 0 Å². The molecule has 100 valence electrons. The molecule has 18 heavy (non-hydrogen) atoms. The first kappa shape index (κ1) is 13.0. The van der Waals surface area contributed by atoms with Crippen molar-refractivity contribution >= 4 is 5.91 Å². The van der Waals surface area contributed by atoms with Crippen molar-refractivity contribution in [2.45, 2.75) is 45.7 Å². The lowest BCUT2D eigenvalue weighted by Crippen LogP contribution is -2.37. The lowest BCUT2D eigenvalue weighted by Gasteiger charge is -2.23. The molecule has 6 heteroatoms. The summed E-state index contributed by atoms with van der Waals surface area (Å²) in [5.74, 6) is 0.519. The minimum Gasteiger partial charge on any atom is -0.337 e. The van der Waals surface area contributed by atoms with Crippen molar-refractivity contribution in [3.8, 4) is 0 Å². The monoisotopic (exact) mass is 252 g/mol. The highest BCUT2D eigenvalue weighted by atomic mass is 16.5. The largest absolute Gasteiger partial charge is 0.337 e. The summed E-state index contributed by atoms with van der Waals surface area (Å²) in [6.45, 7) is 7.49. The van der Waals surface area contributed by atoms with Gasteiger partial charge in [-0.3, -0.25) is 4.79 Å². The van der Waals surface area contributed by atoms with Crippen LogP contribution in [-0.4, -0.2) is 40.1 Å². The first-order valence-corrected chi connectivity index (χ1v) is 6.51. The predicted octanol–water partition coefficient (Wildman–Crippen LogP) is 1.36. The number of rotatable bonds is 4. The number of hydrogen-bond acceptors (Lipinski definition) is 5. The summed E-state index contributed by atoms with van der Waals surface area (Å²) in [6, 6.07) is 0.238. The lowest BCUT2D eigenvalue weighted by atomic mass is 10.2. The maximum Gasteiger partial charge on any atom is 0.295 e. The van der Waals surface area contributed by atoms with Crippen LogP contribution in [0.25, 0.3) is 0 Å². The number of nitrogens with one attached hydrogen (secondary N) is 1. The summed E-state index contributed by atoms with van der Waals surface area (Å²) in [5.41, 5.74) is 0. The van der Waals surface area contributed by atoms with E-state index in [4.69, 9.17) is 4.52 Å². The normalized spacial score (nSPS) is 19.4. The van der Waals surface area contributed by atoms with Gasteiger partial charge in [0.1, 0.15) is 0 Å². The second kappa shape index (κ2) is 5.48. The van der Waals surface area contributed by atoms with E-state index in [-0.39, 0.29) is 23.8 Å². The molecule has 1 aromatic rings. The molecule has 0 radical (unpaired) electrons. The van der Waals surface area contributed by atoms with Crippen molar-refractivity contribution in [3.05, 3.63) is 11.7 Å². The molecule has 0 spiro atoms. The fourth-order valence-electron chi connectivity index (χ4n) is 2.23. The minimum atomic E-state index is -0.166. The third-order valence-electron chi connectivity index (χ3n) is 3.22. The van der Waals surface area contributed by atoms with Crippen molar-refractivity contribution in [2.75, 3.05) is 13.1 Å². The summed E-state index contributed by atoms with van der Waals surface area (Å²) >= 11 is 0. The number of hydrogen-bond donors (Lipinski definition) is 1. The van der Waals surface area contributed by atoms with Crippen LogP contribution in [-0.2, 0) is 0 Å². The Labute approximate surface area is 107 Å². The molecule has 0 bridgehead atoms. The topological polar surface area (TPSA) is 71.3 Å². The van der Waals surface area contributed by atoms with Gasteiger partial charge in [-0.1, -0.05) is 5.16 Å².